The van der Waals surface area contributed by atoms with Gasteiger partial charge in [-0.1, -0.05) is 40.4 Å². The third-order valence-electron chi connectivity index (χ3n) is 5.10. The number of methoxy groups -OCH3 is 1. The summed E-state index contributed by atoms with van der Waals surface area (Å²) in [4.78, 5) is 12.6. The van der Waals surface area contributed by atoms with Crippen LogP contribution in [0, 0.1) is 0 Å². The smallest absolute Gasteiger partial charge is 0.338 e. The fourth-order valence-electron chi connectivity index (χ4n) is 3.57. The van der Waals surface area contributed by atoms with Crippen molar-refractivity contribution in [1.29, 1.82) is 0 Å². The van der Waals surface area contributed by atoms with Crippen LogP contribution < -0.4 is 14.8 Å². The van der Waals surface area contributed by atoms with Gasteiger partial charge >= 0.3 is 5.97 Å². The standard InChI is InChI=1S/C22H21Cl2N5O4/c1-4-32-18-9-13(6-8-17(18)33-11-14-5-7-15(23)10-16(14)24)20-19(21(30)31-3)12(2)25-22-26-27-28-29(20)22/h5-10,20H,4,11H2,1-3H3,(H,25,26,28). The zero-order valence-electron chi connectivity index (χ0n) is 18.1. The first-order valence-electron chi connectivity index (χ1n) is 10.1. The van der Waals surface area contributed by atoms with Crippen molar-refractivity contribution in [1.82, 2.24) is 20.2 Å². The van der Waals surface area contributed by atoms with Crippen LogP contribution >= 0.6 is 23.2 Å². The predicted octanol–water partition coefficient (Wildman–Crippen LogP) is 4.42. The second kappa shape index (κ2) is 9.68. The van der Waals surface area contributed by atoms with Crippen LogP contribution in [-0.4, -0.2) is 39.9 Å². The van der Waals surface area contributed by atoms with Gasteiger partial charge in [0.2, 0.25) is 5.95 Å². The van der Waals surface area contributed by atoms with Gasteiger partial charge in [-0.25, -0.2) is 4.79 Å². The van der Waals surface area contributed by atoms with Gasteiger partial charge in [0.05, 0.1) is 19.3 Å². The highest BCUT2D eigenvalue weighted by molar-refractivity contribution is 6.35. The molecule has 0 aliphatic carbocycles. The molecule has 0 saturated heterocycles. The summed E-state index contributed by atoms with van der Waals surface area (Å²) in [6, 6.07) is 10.0. The average molecular weight is 490 g/mol. The van der Waals surface area contributed by atoms with Crippen molar-refractivity contribution in [2.24, 2.45) is 0 Å². The highest BCUT2D eigenvalue weighted by Gasteiger charge is 2.35. The van der Waals surface area contributed by atoms with Gasteiger partial charge in [0.15, 0.2) is 11.5 Å². The van der Waals surface area contributed by atoms with Crippen molar-refractivity contribution in [3.63, 3.8) is 0 Å². The molecular weight excluding hydrogens is 469 g/mol. The quantitative estimate of drug-likeness (QED) is 0.486. The number of hydrogen-bond acceptors (Lipinski definition) is 8. The Labute approximate surface area is 200 Å². The van der Waals surface area contributed by atoms with Crippen LogP contribution in [0.25, 0.3) is 0 Å². The first-order chi connectivity index (χ1) is 15.9. The number of nitrogens with one attached hydrogen (secondary N) is 1. The normalized spacial score (nSPS) is 15.0. The summed E-state index contributed by atoms with van der Waals surface area (Å²) in [5.74, 6) is 0.968. The molecule has 4 rings (SSSR count). The highest BCUT2D eigenvalue weighted by Crippen LogP contribution is 2.39. The van der Waals surface area contributed by atoms with Gasteiger partial charge in [0.1, 0.15) is 12.6 Å². The lowest BCUT2D eigenvalue weighted by Gasteiger charge is -2.27. The molecule has 2 aromatic carbocycles. The third-order valence-corrected chi connectivity index (χ3v) is 5.69. The summed E-state index contributed by atoms with van der Waals surface area (Å²) in [5, 5.41) is 15.9. The lowest BCUT2D eigenvalue weighted by molar-refractivity contribution is -0.136. The van der Waals surface area contributed by atoms with E-state index in [1.165, 1.54) is 11.8 Å². The molecule has 0 spiro atoms. The minimum Gasteiger partial charge on any atom is -0.490 e. The van der Waals surface area contributed by atoms with Gasteiger partial charge in [-0.3, -0.25) is 0 Å². The molecule has 2 heterocycles. The first-order valence-corrected chi connectivity index (χ1v) is 10.9. The fraction of sp³-hybridized carbons (Fsp3) is 0.273. The minimum atomic E-state index is -0.609. The second-order valence-electron chi connectivity index (χ2n) is 7.17. The van der Waals surface area contributed by atoms with Gasteiger partial charge in [0.25, 0.3) is 0 Å². The van der Waals surface area contributed by atoms with E-state index in [4.69, 9.17) is 37.4 Å². The number of allylic oxidation sites excluding steroid dienone is 1. The maximum atomic E-state index is 12.6. The van der Waals surface area contributed by atoms with Crippen molar-refractivity contribution in [2.45, 2.75) is 26.5 Å². The minimum absolute atomic E-state index is 0.229. The van der Waals surface area contributed by atoms with Crippen LogP contribution in [0.5, 0.6) is 11.5 Å². The summed E-state index contributed by atoms with van der Waals surface area (Å²) < 4.78 is 18.4. The van der Waals surface area contributed by atoms with Crippen molar-refractivity contribution in [3.8, 4) is 11.5 Å². The van der Waals surface area contributed by atoms with Crippen molar-refractivity contribution < 1.29 is 19.0 Å². The van der Waals surface area contributed by atoms with E-state index < -0.39 is 12.0 Å². The van der Waals surface area contributed by atoms with Gasteiger partial charge in [-0.2, -0.15) is 4.68 Å². The largest absolute Gasteiger partial charge is 0.490 e. The van der Waals surface area contributed by atoms with E-state index in [0.29, 0.717) is 45.4 Å². The average Bonchev–Trinajstić information content (AvgIpc) is 3.26. The van der Waals surface area contributed by atoms with Gasteiger partial charge in [-0.05, 0) is 54.1 Å². The summed E-state index contributed by atoms with van der Waals surface area (Å²) in [6.45, 7) is 4.30. The molecule has 9 nitrogen and oxygen atoms in total. The van der Waals surface area contributed by atoms with Crippen LogP contribution in [0.4, 0.5) is 5.95 Å². The SMILES string of the molecule is CCOc1cc(C2C(C(=O)OC)=C(C)Nc3nnnn32)ccc1OCc1ccc(Cl)cc1Cl. The molecule has 0 fully saturated rings. The van der Waals surface area contributed by atoms with E-state index in [1.807, 2.05) is 19.1 Å². The Morgan fingerprint density at radius 3 is 2.70 bits per heavy atom. The maximum Gasteiger partial charge on any atom is 0.338 e. The number of ether oxygens (including phenoxy) is 3. The topological polar surface area (TPSA) is 100 Å². The Balaban J connectivity index is 1.70. The fourth-order valence-corrected chi connectivity index (χ4v) is 4.03. The number of rotatable bonds is 7. The molecule has 3 aromatic rings. The van der Waals surface area contributed by atoms with E-state index in [-0.39, 0.29) is 6.61 Å². The first kappa shape index (κ1) is 22.9. The van der Waals surface area contributed by atoms with Crippen LogP contribution in [0.3, 0.4) is 0 Å². The van der Waals surface area contributed by atoms with E-state index in [0.717, 1.165) is 11.1 Å². The van der Waals surface area contributed by atoms with Gasteiger partial charge in [-0.15, -0.1) is 0 Å². The number of carbonyl (C=O) groups is 1. The molecule has 1 aromatic heterocycles. The summed E-state index contributed by atoms with van der Waals surface area (Å²) in [7, 11) is 1.33. The van der Waals surface area contributed by atoms with Crippen molar-refractivity contribution in [3.05, 3.63) is 68.8 Å². The number of fused-ring (bicyclic) bond motifs is 1. The maximum absolute atomic E-state index is 12.6. The zero-order chi connectivity index (χ0) is 23.5. The molecule has 1 unspecified atom stereocenters. The number of carbonyl (C=O) groups excluding carboxylic acids is 1. The van der Waals surface area contributed by atoms with Gasteiger partial charge < -0.3 is 19.5 Å². The van der Waals surface area contributed by atoms with E-state index >= 15 is 0 Å². The Morgan fingerprint density at radius 1 is 1.15 bits per heavy atom. The highest BCUT2D eigenvalue weighted by atomic mass is 35.5. The molecule has 1 N–H and O–H groups in total. The van der Waals surface area contributed by atoms with E-state index in [1.54, 1.807) is 31.2 Å². The monoisotopic (exact) mass is 489 g/mol. The van der Waals surface area contributed by atoms with E-state index in [2.05, 4.69) is 20.8 Å². The summed E-state index contributed by atoms with van der Waals surface area (Å²) in [5.41, 5.74) is 2.51. The number of tetrazole rings is 1. The van der Waals surface area contributed by atoms with Gasteiger partial charge in [0, 0.05) is 21.3 Å². The summed E-state index contributed by atoms with van der Waals surface area (Å²) >= 11 is 12.2. The van der Waals surface area contributed by atoms with Crippen LogP contribution in [0.2, 0.25) is 10.0 Å². The Kier molecular flexibility index (Phi) is 6.71. The van der Waals surface area contributed by atoms with Crippen molar-refractivity contribution >= 4 is 35.1 Å². The number of anilines is 1. The zero-order valence-corrected chi connectivity index (χ0v) is 19.6. The Hall–Kier alpha value is -3.30. The molecule has 0 bridgehead atoms. The Morgan fingerprint density at radius 2 is 1.97 bits per heavy atom. The lowest BCUT2D eigenvalue weighted by Crippen LogP contribution is -2.29. The van der Waals surface area contributed by atoms with Crippen molar-refractivity contribution in [2.75, 3.05) is 19.0 Å². The molecular formula is C22H21Cl2N5O4. The molecule has 0 saturated carbocycles. The lowest BCUT2D eigenvalue weighted by atomic mass is 9.95. The molecule has 0 amide bonds. The number of aromatic nitrogens is 4. The number of halogens is 2. The third kappa shape index (κ3) is 4.60. The molecule has 1 aliphatic rings. The Bertz CT molecular complexity index is 1230. The van der Waals surface area contributed by atoms with Crippen LogP contribution in [-0.2, 0) is 16.1 Å². The number of benzene rings is 2. The molecule has 33 heavy (non-hydrogen) atoms. The number of esters is 1. The second-order valence-corrected chi connectivity index (χ2v) is 8.01. The molecule has 11 heteroatoms. The predicted molar refractivity (Wildman–Crippen MR) is 123 cm³/mol. The molecule has 1 atom stereocenters. The summed E-state index contributed by atoms with van der Waals surface area (Å²) in [6.07, 6.45) is 0. The van der Waals surface area contributed by atoms with Crippen LogP contribution in [0.1, 0.15) is 31.0 Å². The number of nitrogens with zero attached hydrogens (tertiary/aromatic N) is 4. The molecule has 0 radical (unpaired) electrons. The van der Waals surface area contributed by atoms with Crippen LogP contribution in [0.15, 0.2) is 47.7 Å². The number of hydrogen-bond donors (Lipinski definition) is 1. The molecule has 172 valence electrons. The van der Waals surface area contributed by atoms with E-state index in [9.17, 15) is 4.79 Å². The molecule has 1 aliphatic heterocycles.